The van der Waals surface area contributed by atoms with Crippen LogP contribution in [0, 0.1) is 12.7 Å². The molecule has 0 aliphatic rings. The van der Waals surface area contributed by atoms with Gasteiger partial charge in [0.2, 0.25) is 0 Å². The van der Waals surface area contributed by atoms with E-state index in [-0.39, 0.29) is 11.9 Å². The molecular formula is C12H13FN2S. The summed E-state index contributed by atoms with van der Waals surface area (Å²) in [5, 5.41) is 2.73. The van der Waals surface area contributed by atoms with E-state index in [9.17, 15) is 4.39 Å². The van der Waals surface area contributed by atoms with Crippen LogP contribution >= 0.6 is 11.3 Å². The number of halogens is 1. The summed E-state index contributed by atoms with van der Waals surface area (Å²) in [4.78, 5) is 4.38. The molecule has 1 atom stereocenters. The van der Waals surface area contributed by atoms with E-state index in [0.717, 1.165) is 16.3 Å². The van der Waals surface area contributed by atoms with E-state index in [1.807, 2.05) is 18.4 Å². The highest BCUT2D eigenvalue weighted by Gasteiger charge is 2.09. The Bertz CT molecular complexity index is 505. The highest BCUT2D eigenvalue weighted by molar-refractivity contribution is 7.13. The second-order valence-corrected chi connectivity index (χ2v) is 4.69. The summed E-state index contributed by atoms with van der Waals surface area (Å²) in [5.74, 6) is -0.199. The number of thiazole rings is 1. The second kappa shape index (κ2) is 4.31. The summed E-state index contributed by atoms with van der Waals surface area (Å²) in [6.45, 7) is 3.63. The van der Waals surface area contributed by atoms with Crippen molar-refractivity contribution in [1.82, 2.24) is 4.98 Å². The molecule has 2 rings (SSSR count). The van der Waals surface area contributed by atoms with Crippen LogP contribution in [-0.4, -0.2) is 4.98 Å². The molecule has 0 amide bonds. The van der Waals surface area contributed by atoms with Crippen LogP contribution in [0.3, 0.4) is 0 Å². The van der Waals surface area contributed by atoms with Crippen molar-refractivity contribution in [3.05, 3.63) is 40.7 Å². The number of nitrogens with zero attached hydrogens (tertiary/aromatic N) is 1. The quantitative estimate of drug-likeness (QED) is 0.869. The number of nitrogens with two attached hydrogens (primary N) is 1. The van der Waals surface area contributed by atoms with Crippen molar-refractivity contribution in [2.24, 2.45) is 5.73 Å². The largest absolute Gasteiger partial charge is 0.323 e. The molecule has 2 nitrogen and oxygen atoms in total. The first-order chi connectivity index (χ1) is 7.58. The van der Waals surface area contributed by atoms with Crippen molar-refractivity contribution < 1.29 is 4.39 Å². The van der Waals surface area contributed by atoms with Crippen LogP contribution in [0.5, 0.6) is 0 Å². The van der Waals surface area contributed by atoms with E-state index < -0.39 is 0 Å². The summed E-state index contributed by atoms with van der Waals surface area (Å²) in [7, 11) is 0. The number of aryl methyl sites for hydroxylation is 1. The summed E-state index contributed by atoms with van der Waals surface area (Å²) in [5.41, 5.74) is 8.03. The summed E-state index contributed by atoms with van der Waals surface area (Å²) in [6.07, 6.45) is 0. The molecule has 4 heteroatoms. The van der Waals surface area contributed by atoms with Crippen LogP contribution in [-0.2, 0) is 0 Å². The fraction of sp³-hybridized carbons (Fsp3) is 0.250. The number of rotatable bonds is 2. The molecule has 0 bridgehead atoms. The van der Waals surface area contributed by atoms with Gasteiger partial charge in [0.15, 0.2) is 0 Å². The predicted molar refractivity (Wildman–Crippen MR) is 64.8 cm³/mol. The standard InChI is InChI=1S/C12H13FN2S/c1-7-3-4-9(5-10(7)13)12-15-11(6-16-12)8(2)14/h3-6,8H,14H2,1-2H3. The molecule has 0 aliphatic carbocycles. The lowest BCUT2D eigenvalue weighted by atomic mass is 10.1. The monoisotopic (exact) mass is 236 g/mol. The Morgan fingerprint density at radius 2 is 2.19 bits per heavy atom. The van der Waals surface area contributed by atoms with Crippen LogP contribution in [0.1, 0.15) is 24.2 Å². The van der Waals surface area contributed by atoms with Crippen molar-refractivity contribution in [1.29, 1.82) is 0 Å². The minimum atomic E-state index is -0.199. The van der Waals surface area contributed by atoms with Gasteiger partial charge in [0.25, 0.3) is 0 Å². The normalized spacial score (nSPS) is 12.8. The van der Waals surface area contributed by atoms with Gasteiger partial charge in [-0.3, -0.25) is 0 Å². The van der Waals surface area contributed by atoms with Crippen molar-refractivity contribution in [3.8, 4) is 10.6 Å². The third kappa shape index (κ3) is 2.13. The molecule has 1 heterocycles. The van der Waals surface area contributed by atoms with E-state index in [2.05, 4.69) is 4.98 Å². The molecule has 1 unspecified atom stereocenters. The first-order valence-corrected chi connectivity index (χ1v) is 5.93. The Morgan fingerprint density at radius 1 is 1.44 bits per heavy atom. The Balaban J connectivity index is 2.39. The van der Waals surface area contributed by atoms with E-state index >= 15 is 0 Å². The van der Waals surface area contributed by atoms with Crippen molar-refractivity contribution >= 4 is 11.3 Å². The summed E-state index contributed by atoms with van der Waals surface area (Å²) in [6, 6.07) is 5.07. The first kappa shape index (κ1) is 11.2. The van der Waals surface area contributed by atoms with Crippen LogP contribution in [0.2, 0.25) is 0 Å². The second-order valence-electron chi connectivity index (χ2n) is 3.83. The molecular weight excluding hydrogens is 223 g/mol. The molecule has 0 spiro atoms. The van der Waals surface area contributed by atoms with Gasteiger partial charge in [-0.1, -0.05) is 12.1 Å². The minimum Gasteiger partial charge on any atom is -0.323 e. The number of hydrogen-bond acceptors (Lipinski definition) is 3. The molecule has 1 aromatic heterocycles. The van der Waals surface area contributed by atoms with Gasteiger partial charge in [-0.15, -0.1) is 11.3 Å². The van der Waals surface area contributed by atoms with Gasteiger partial charge < -0.3 is 5.73 Å². The van der Waals surface area contributed by atoms with Gasteiger partial charge in [-0.2, -0.15) is 0 Å². The van der Waals surface area contributed by atoms with Crippen LogP contribution in [0.15, 0.2) is 23.6 Å². The molecule has 2 aromatic rings. The molecule has 84 valence electrons. The van der Waals surface area contributed by atoms with Crippen LogP contribution in [0.25, 0.3) is 10.6 Å². The third-order valence-electron chi connectivity index (χ3n) is 2.41. The summed E-state index contributed by atoms with van der Waals surface area (Å²) >= 11 is 1.49. The average Bonchev–Trinajstić information content (AvgIpc) is 2.71. The maximum absolute atomic E-state index is 13.4. The zero-order valence-corrected chi connectivity index (χ0v) is 10.0. The molecule has 0 aliphatic heterocycles. The molecule has 0 fully saturated rings. The lowest BCUT2D eigenvalue weighted by Gasteiger charge is -2.00. The summed E-state index contributed by atoms with van der Waals surface area (Å²) < 4.78 is 13.4. The topological polar surface area (TPSA) is 38.9 Å². The molecule has 1 aromatic carbocycles. The van der Waals surface area contributed by atoms with Crippen LogP contribution in [0.4, 0.5) is 4.39 Å². The predicted octanol–water partition coefficient (Wildman–Crippen LogP) is 3.28. The van der Waals surface area contributed by atoms with Crippen molar-refractivity contribution in [2.45, 2.75) is 19.9 Å². The highest BCUT2D eigenvalue weighted by atomic mass is 32.1. The lowest BCUT2D eigenvalue weighted by Crippen LogP contribution is -2.04. The van der Waals surface area contributed by atoms with Crippen molar-refractivity contribution in [2.75, 3.05) is 0 Å². The Morgan fingerprint density at radius 3 is 2.75 bits per heavy atom. The maximum atomic E-state index is 13.4. The molecule has 0 saturated heterocycles. The Hall–Kier alpha value is -1.26. The highest BCUT2D eigenvalue weighted by Crippen LogP contribution is 2.26. The minimum absolute atomic E-state index is 0.0831. The zero-order valence-electron chi connectivity index (χ0n) is 9.20. The Labute approximate surface area is 97.9 Å². The molecule has 2 N–H and O–H groups in total. The number of benzene rings is 1. The van der Waals surface area contributed by atoms with E-state index in [0.29, 0.717) is 5.56 Å². The van der Waals surface area contributed by atoms with Gasteiger partial charge in [0.05, 0.1) is 5.69 Å². The maximum Gasteiger partial charge on any atom is 0.126 e. The first-order valence-electron chi connectivity index (χ1n) is 5.05. The van der Waals surface area contributed by atoms with E-state index in [4.69, 9.17) is 5.73 Å². The number of hydrogen-bond donors (Lipinski definition) is 1. The smallest absolute Gasteiger partial charge is 0.126 e. The molecule has 0 radical (unpaired) electrons. The van der Waals surface area contributed by atoms with Gasteiger partial charge in [-0.25, -0.2) is 9.37 Å². The van der Waals surface area contributed by atoms with E-state index in [1.165, 1.54) is 17.4 Å². The zero-order chi connectivity index (χ0) is 11.7. The number of aromatic nitrogens is 1. The molecule has 0 saturated carbocycles. The van der Waals surface area contributed by atoms with Gasteiger partial charge in [-0.05, 0) is 25.5 Å². The van der Waals surface area contributed by atoms with Gasteiger partial charge in [0.1, 0.15) is 10.8 Å². The lowest BCUT2D eigenvalue weighted by molar-refractivity contribution is 0.619. The Kier molecular flexibility index (Phi) is 3.03. The van der Waals surface area contributed by atoms with Crippen LogP contribution < -0.4 is 5.73 Å². The molecule has 16 heavy (non-hydrogen) atoms. The average molecular weight is 236 g/mol. The SMILES string of the molecule is Cc1ccc(-c2nc(C(C)N)cs2)cc1F. The fourth-order valence-corrected chi connectivity index (χ4v) is 2.27. The van der Waals surface area contributed by atoms with Gasteiger partial charge in [0, 0.05) is 17.0 Å². The fourth-order valence-electron chi connectivity index (χ4n) is 1.35. The van der Waals surface area contributed by atoms with Crippen molar-refractivity contribution in [3.63, 3.8) is 0 Å². The third-order valence-corrected chi connectivity index (χ3v) is 3.32. The van der Waals surface area contributed by atoms with E-state index in [1.54, 1.807) is 13.0 Å². The van der Waals surface area contributed by atoms with Gasteiger partial charge >= 0.3 is 0 Å².